The van der Waals surface area contributed by atoms with E-state index >= 15 is 0 Å². The molecule has 0 bridgehead atoms. The molecule has 0 saturated heterocycles. The lowest BCUT2D eigenvalue weighted by atomic mass is 10.2. The van der Waals surface area contributed by atoms with E-state index in [9.17, 15) is 9.18 Å². The van der Waals surface area contributed by atoms with Crippen LogP contribution >= 0.6 is 0 Å². The summed E-state index contributed by atoms with van der Waals surface area (Å²) in [7, 11) is 0. The summed E-state index contributed by atoms with van der Waals surface area (Å²) in [6.07, 6.45) is 0.145. The second-order valence-corrected chi connectivity index (χ2v) is 3.08. The number of nitrogens with two attached hydrogens (primary N) is 1. The van der Waals surface area contributed by atoms with Gasteiger partial charge in [-0.05, 0) is 18.6 Å². The molecule has 5 heteroatoms. The Morgan fingerprint density at radius 2 is 2.33 bits per heavy atom. The first-order valence-corrected chi connectivity index (χ1v) is 4.52. The summed E-state index contributed by atoms with van der Waals surface area (Å²) in [6, 6.07) is 4.26. The van der Waals surface area contributed by atoms with Gasteiger partial charge in [-0.3, -0.25) is 10.2 Å². The van der Waals surface area contributed by atoms with Gasteiger partial charge in [0.15, 0.2) is 0 Å². The van der Waals surface area contributed by atoms with Crippen LogP contribution in [0.3, 0.4) is 0 Å². The summed E-state index contributed by atoms with van der Waals surface area (Å²) >= 11 is 0. The van der Waals surface area contributed by atoms with Crippen molar-refractivity contribution in [2.75, 3.05) is 6.61 Å². The van der Waals surface area contributed by atoms with Crippen molar-refractivity contribution in [3.8, 4) is 5.75 Å². The fraction of sp³-hybridized carbons (Fsp3) is 0.300. The number of rotatable bonds is 4. The van der Waals surface area contributed by atoms with Crippen molar-refractivity contribution in [1.82, 2.24) is 5.43 Å². The molecule has 0 spiro atoms. The molecule has 0 radical (unpaired) electrons. The highest BCUT2D eigenvalue weighted by Crippen LogP contribution is 2.18. The third-order valence-electron chi connectivity index (χ3n) is 1.90. The first-order valence-electron chi connectivity index (χ1n) is 4.52. The summed E-state index contributed by atoms with van der Waals surface area (Å²) in [6.45, 7) is 1.98. The van der Waals surface area contributed by atoms with Gasteiger partial charge in [0, 0.05) is 6.07 Å². The Morgan fingerprint density at radius 1 is 1.60 bits per heavy atom. The van der Waals surface area contributed by atoms with Gasteiger partial charge in [-0.2, -0.15) is 0 Å². The molecular weight excluding hydrogens is 199 g/mol. The van der Waals surface area contributed by atoms with Crippen LogP contribution < -0.4 is 16.0 Å². The minimum Gasteiger partial charge on any atom is -0.493 e. The zero-order valence-corrected chi connectivity index (χ0v) is 8.42. The van der Waals surface area contributed by atoms with Crippen LogP contribution in [-0.4, -0.2) is 12.5 Å². The zero-order chi connectivity index (χ0) is 11.3. The lowest BCUT2D eigenvalue weighted by Gasteiger charge is -2.08. The molecule has 0 aliphatic carbocycles. The molecule has 82 valence electrons. The first kappa shape index (κ1) is 11.5. The van der Waals surface area contributed by atoms with Crippen molar-refractivity contribution in [3.05, 3.63) is 29.6 Å². The highest BCUT2D eigenvalue weighted by atomic mass is 19.1. The summed E-state index contributed by atoms with van der Waals surface area (Å²) in [4.78, 5) is 10.8. The molecular formula is C10H13FN2O2. The number of amides is 1. The third kappa shape index (κ3) is 3.55. The predicted molar refractivity (Wildman–Crippen MR) is 53.6 cm³/mol. The second-order valence-electron chi connectivity index (χ2n) is 3.08. The van der Waals surface area contributed by atoms with Gasteiger partial charge in [0.05, 0.1) is 13.0 Å². The van der Waals surface area contributed by atoms with E-state index < -0.39 is 0 Å². The number of carbonyl (C=O) groups excluding carboxylic acids is 1. The quantitative estimate of drug-likeness (QED) is 0.442. The van der Waals surface area contributed by atoms with Gasteiger partial charge in [-0.15, -0.1) is 0 Å². The number of carbonyl (C=O) groups is 1. The number of nitrogens with one attached hydrogen (secondary N) is 1. The van der Waals surface area contributed by atoms with E-state index in [1.54, 1.807) is 13.0 Å². The van der Waals surface area contributed by atoms with Crippen LogP contribution in [-0.2, 0) is 4.79 Å². The average Bonchev–Trinajstić information content (AvgIpc) is 2.23. The molecule has 0 aromatic heterocycles. The van der Waals surface area contributed by atoms with Crippen LogP contribution in [0.4, 0.5) is 4.39 Å². The van der Waals surface area contributed by atoms with Crippen molar-refractivity contribution in [3.63, 3.8) is 0 Å². The van der Waals surface area contributed by atoms with E-state index in [1.807, 2.05) is 5.43 Å². The second kappa shape index (κ2) is 5.31. The molecule has 4 nitrogen and oxygen atoms in total. The number of aryl methyl sites for hydroxylation is 1. The molecule has 0 fully saturated rings. The Hall–Kier alpha value is -1.62. The number of benzene rings is 1. The molecule has 1 rings (SSSR count). The Morgan fingerprint density at radius 3 is 3.00 bits per heavy atom. The Labute approximate surface area is 87.2 Å². The number of ether oxygens (including phenoxy) is 1. The largest absolute Gasteiger partial charge is 0.493 e. The van der Waals surface area contributed by atoms with E-state index in [1.165, 1.54) is 12.1 Å². The molecule has 1 aromatic rings. The number of hydrazine groups is 1. The van der Waals surface area contributed by atoms with Crippen LogP contribution in [0.5, 0.6) is 5.75 Å². The number of hydrogen-bond acceptors (Lipinski definition) is 3. The van der Waals surface area contributed by atoms with Crippen LogP contribution in [0.25, 0.3) is 0 Å². The molecule has 3 N–H and O–H groups in total. The Balaban J connectivity index is 2.50. The fourth-order valence-electron chi connectivity index (χ4n) is 1.06. The summed E-state index contributed by atoms with van der Waals surface area (Å²) in [5.41, 5.74) is 2.81. The molecule has 1 aromatic carbocycles. The molecule has 0 atom stereocenters. The van der Waals surface area contributed by atoms with Crippen LogP contribution in [0.2, 0.25) is 0 Å². The lowest BCUT2D eigenvalue weighted by Crippen LogP contribution is -2.31. The lowest BCUT2D eigenvalue weighted by molar-refractivity contribution is -0.121. The van der Waals surface area contributed by atoms with E-state index in [0.29, 0.717) is 5.75 Å². The third-order valence-corrected chi connectivity index (χ3v) is 1.90. The van der Waals surface area contributed by atoms with Gasteiger partial charge >= 0.3 is 0 Å². The number of hydrogen-bond donors (Lipinski definition) is 2. The maximum Gasteiger partial charge on any atom is 0.237 e. The van der Waals surface area contributed by atoms with Crippen molar-refractivity contribution in [2.24, 2.45) is 5.84 Å². The SMILES string of the molecule is Cc1ccc(F)cc1OCCC(=O)NN. The van der Waals surface area contributed by atoms with Crippen LogP contribution in [0.1, 0.15) is 12.0 Å². The van der Waals surface area contributed by atoms with Gasteiger partial charge in [-0.1, -0.05) is 6.07 Å². The van der Waals surface area contributed by atoms with Crippen LogP contribution in [0.15, 0.2) is 18.2 Å². The van der Waals surface area contributed by atoms with Crippen molar-refractivity contribution >= 4 is 5.91 Å². The normalized spacial score (nSPS) is 9.80. The summed E-state index contributed by atoms with van der Waals surface area (Å²) < 4.78 is 18.1. The molecule has 1 amide bonds. The van der Waals surface area contributed by atoms with E-state index in [-0.39, 0.29) is 24.8 Å². The topological polar surface area (TPSA) is 64.3 Å². The minimum atomic E-state index is -0.362. The summed E-state index contributed by atoms with van der Waals surface area (Å²) in [5.74, 6) is 4.66. The van der Waals surface area contributed by atoms with Crippen molar-refractivity contribution in [1.29, 1.82) is 0 Å². The highest BCUT2D eigenvalue weighted by molar-refractivity contribution is 5.75. The standard InChI is InChI=1S/C10H13FN2O2/c1-7-2-3-8(11)6-9(7)15-5-4-10(14)13-12/h2-3,6H,4-5,12H2,1H3,(H,13,14). The van der Waals surface area contributed by atoms with E-state index in [2.05, 4.69) is 0 Å². The van der Waals surface area contributed by atoms with E-state index in [0.717, 1.165) is 5.56 Å². The van der Waals surface area contributed by atoms with E-state index in [4.69, 9.17) is 10.6 Å². The van der Waals surface area contributed by atoms with Gasteiger partial charge in [-0.25, -0.2) is 10.2 Å². The predicted octanol–water partition coefficient (Wildman–Crippen LogP) is 0.893. The minimum absolute atomic E-state index is 0.145. The van der Waals surface area contributed by atoms with Crippen molar-refractivity contribution in [2.45, 2.75) is 13.3 Å². The van der Waals surface area contributed by atoms with Crippen molar-refractivity contribution < 1.29 is 13.9 Å². The maximum atomic E-state index is 12.8. The fourth-order valence-corrected chi connectivity index (χ4v) is 1.06. The van der Waals surface area contributed by atoms with Gasteiger partial charge in [0.2, 0.25) is 5.91 Å². The summed E-state index contributed by atoms with van der Waals surface area (Å²) in [5, 5.41) is 0. The molecule has 0 saturated carbocycles. The Kier molecular flexibility index (Phi) is 4.05. The highest BCUT2D eigenvalue weighted by Gasteiger charge is 2.03. The number of halogens is 1. The van der Waals surface area contributed by atoms with Gasteiger partial charge < -0.3 is 4.74 Å². The van der Waals surface area contributed by atoms with Gasteiger partial charge in [0.25, 0.3) is 0 Å². The molecule has 0 aliphatic rings. The molecule has 0 aliphatic heterocycles. The van der Waals surface area contributed by atoms with Crippen LogP contribution in [0, 0.1) is 12.7 Å². The first-order chi connectivity index (χ1) is 7.13. The monoisotopic (exact) mass is 212 g/mol. The zero-order valence-electron chi connectivity index (χ0n) is 8.42. The smallest absolute Gasteiger partial charge is 0.237 e. The average molecular weight is 212 g/mol. The molecule has 0 heterocycles. The molecule has 15 heavy (non-hydrogen) atoms. The Bertz CT molecular complexity index is 355. The maximum absolute atomic E-state index is 12.8. The molecule has 0 unspecified atom stereocenters. The van der Waals surface area contributed by atoms with Gasteiger partial charge in [0.1, 0.15) is 11.6 Å².